The molecule has 4 heteroatoms. The van der Waals surface area contributed by atoms with Gasteiger partial charge in [0.25, 0.3) is 0 Å². The fourth-order valence-electron chi connectivity index (χ4n) is 7.04. The van der Waals surface area contributed by atoms with Gasteiger partial charge >= 0.3 is 5.97 Å². The highest BCUT2D eigenvalue weighted by molar-refractivity contribution is 5.97. The molecule has 1 heterocycles. The van der Waals surface area contributed by atoms with Crippen LogP contribution in [0.25, 0.3) is 0 Å². The number of carbonyl (C=O) groups excluding carboxylic acids is 2. The molecule has 0 bridgehead atoms. The number of carbonyl (C=O) groups is 2. The molecule has 188 valence electrons. The van der Waals surface area contributed by atoms with Crippen LogP contribution >= 0.6 is 0 Å². The number of nitrogens with zero attached hydrogens (tertiary/aromatic N) is 1. The smallest absolute Gasteiger partial charge is 0.322 e. The van der Waals surface area contributed by atoms with E-state index < -0.39 is 28.0 Å². The average molecular weight is 468 g/mol. The van der Waals surface area contributed by atoms with Crippen LogP contribution in [0, 0.1) is 21.7 Å². The van der Waals surface area contributed by atoms with Crippen LogP contribution < -0.4 is 0 Å². The summed E-state index contributed by atoms with van der Waals surface area (Å²) in [6, 6.07) is 9.60. The summed E-state index contributed by atoms with van der Waals surface area (Å²) in [6.45, 7) is 27.0. The van der Waals surface area contributed by atoms with Crippen LogP contribution in [0.15, 0.2) is 41.5 Å². The minimum Gasteiger partial charge on any atom is -0.459 e. The number of likely N-dealkylation sites (tertiary alicyclic amines) is 1. The number of amides is 1. The van der Waals surface area contributed by atoms with Crippen molar-refractivity contribution in [3.8, 4) is 0 Å². The molecule has 0 N–H and O–H groups in total. The molecule has 0 spiro atoms. The van der Waals surface area contributed by atoms with E-state index in [0.29, 0.717) is 0 Å². The molecule has 4 nitrogen and oxygen atoms in total. The summed E-state index contributed by atoms with van der Waals surface area (Å²) in [5.41, 5.74) is -0.0241. The molecule has 1 aliphatic carbocycles. The fourth-order valence-corrected chi connectivity index (χ4v) is 7.04. The fraction of sp³-hybridized carbons (Fsp3) is 0.667. The monoisotopic (exact) mass is 467 g/mol. The van der Waals surface area contributed by atoms with Crippen molar-refractivity contribution in [2.45, 2.75) is 107 Å². The second kappa shape index (κ2) is 7.45. The Hall–Kier alpha value is -2.10. The number of hydrogen-bond acceptors (Lipinski definition) is 3. The van der Waals surface area contributed by atoms with Gasteiger partial charge in [-0.25, -0.2) is 0 Å². The van der Waals surface area contributed by atoms with Crippen molar-refractivity contribution in [3.63, 3.8) is 0 Å². The molecule has 1 aromatic rings. The van der Waals surface area contributed by atoms with E-state index in [0.717, 1.165) is 11.1 Å². The van der Waals surface area contributed by atoms with Gasteiger partial charge in [-0.3, -0.25) is 9.59 Å². The Morgan fingerprint density at radius 3 is 1.62 bits per heavy atom. The maximum atomic E-state index is 14.6. The molecule has 1 fully saturated rings. The summed E-state index contributed by atoms with van der Waals surface area (Å²) in [7, 11) is 0. The van der Waals surface area contributed by atoms with E-state index in [1.807, 2.05) is 56.0 Å². The van der Waals surface area contributed by atoms with E-state index in [-0.39, 0.29) is 22.7 Å². The molecule has 1 aromatic carbocycles. The second-order valence-corrected chi connectivity index (χ2v) is 14.2. The Kier molecular flexibility index (Phi) is 5.81. The number of benzene rings is 1. The summed E-state index contributed by atoms with van der Waals surface area (Å²) < 4.78 is 6.24. The zero-order valence-corrected chi connectivity index (χ0v) is 23.6. The van der Waals surface area contributed by atoms with Gasteiger partial charge in [-0.05, 0) is 53.7 Å². The van der Waals surface area contributed by atoms with Crippen molar-refractivity contribution >= 4 is 11.9 Å². The van der Waals surface area contributed by atoms with Crippen LogP contribution in [0.3, 0.4) is 0 Å². The first-order chi connectivity index (χ1) is 15.2. The maximum absolute atomic E-state index is 14.6. The molecule has 1 saturated heterocycles. The van der Waals surface area contributed by atoms with Gasteiger partial charge in [0.1, 0.15) is 11.0 Å². The quantitative estimate of drug-likeness (QED) is 0.344. The highest BCUT2D eigenvalue weighted by Crippen LogP contribution is 2.83. The lowest BCUT2D eigenvalue weighted by Crippen LogP contribution is -2.90. The highest BCUT2D eigenvalue weighted by atomic mass is 16.6. The molecular weight excluding hydrogens is 422 g/mol. The molecular formula is C30H45NO3. The zero-order chi connectivity index (χ0) is 26.3. The van der Waals surface area contributed by atoms with E-state index in [4.69, 9.17) is 4.74 Å². The minimum atomic E-state index is -0.966. The summed E-state index contributed by atoms with van der Waals surface area (Å²) >= 11 is 0. The van der Waals surface area contributed by atoms with Gasteiger partial charge in [-0.2, -0.15) is 0 Å². The van der Waals surface area contributed by atoms with Gasteiger partial charge in [0.2, 0.25) is 5.91 Å². The van der Waals surface area contributed by atoms with Crippen molar-refractivity contribution in [1.29, 1.82) is 0 Å². The molecule has 2 aliphatic rings. The number of rotatable bonds is 2. The Morgan fingerprint density at radius 2 is 1.26 bits per heavy atom. The molecule has 3 atom stereocenters. The molecule has 0 unspecified atom stereocenters. The first-order valence-corrected chi connectivity index (χ1v) is 12.5. The van der Waals surface area contributed by atoms with Gasteiger partial charge in [-0.15, -0.1) is 0 Å². The summed E-state index contributed by atoms with van der Waals surface area (Å²) in [5.74, 6) is -0.239. The predicted octanol–water partition coefficient (Wildman–Crippen LogP) is 7.11. The first kappa shape index (κ1) is 26.5. The van der Waals surface area contributed by atoms with E-state index >= 15 is 0 Å². The van der Waals surface area contributed by atoms with Crippen molar-refractivity contribution in [1.82, 2.24) is 4.90 Å². The van der Waals surface area contributed by atoms with Crippen molar-refractivity contribution in [2.75, 3.05) is 0 Å². The maximum Gasteiger partial charge on any atom is 0.322 e. The van der Waals surface area contributed by atoms with Gasteiger partial charge in [0.05, 0.1) is 11.6 Å². The van der Waals surface area contributed by atoms with Crippen LogP contribution in [0.1, 0.15) is 102 Å². The average Bonchev–Trinajstić information content (AvgIpc) is 2.57. The summed E-state index contributed by atoms with van der Waals surface area (Å²) in [4.78, 5) is 30.0. The number of hydrogen-bond donors (Lipinski definition) is 0. The van der Waals surface area contributed by atoms with Crippen LogP contribution in [0.5, 0.6) is 0 Å². The minimum absolute atomic E-state index is 0.0160. The summed E-state index contributed by atoms with van der Waals surface area (Å²) in [6.07, 6.45) is 0. The van der Waals surface area contributed by atoms with Gasteiger partial charge < -0.3 is 9.64 Å². The van der Waals surface area contributed by atoms with Gasteiger partial charge in [0.15, 0.2) is 0 Å². The largest absolute Gasteiger partial charge is 0.459 e. The standard InChI is InChI=1S/C30H45NO3/c1-19(32)31-23(20-17-15-14-16-18-20)29(24(33)34-28(11,12)13)21(25(2,3)4)22(26(5,6)7)30(29,31)27(8,9)10/h14-18,23H,1-13H3/t23-,29+,30-/m0/s1. The Bertz CT molecular complexity index is 1020. The van der Waals surface area contributed by atoms with E-state index in [9.17, 15) is 9.59 Å². The van der Waals surface area contributed by atoms with Crippen LogP contribution in [0.2, 0.25) is 0 Å². The number of fused-ring (bicyclic) bond motifs is 1. The molecule has 1 amide bonds. The Balaban J connectivity index is 2.56. The SMILES string of the molecule is CC(=O)N1[C@@H](c2ccccc2)[C@@]2(C(=O)OC(C)(C)C)C(C(C)(C)C)=C(C(C)(C)C)[C@@]12C(C)(C)C. The highest BCUT2D eigenvalue weighted by Gasteiger charge is 2.89. The molecule has 0 saturated carbocycles. The van der Waals surface area contributed by atoms with Crippen molar-refractivity contribution in [2.24, 2.45) is 21.7 Å². The van der Waals surface area contributed by atoms with E-state index in [2.05, 4.69) is 62.3 Å². The predicted molar refractivity (Wildman–Crippen MR) is 138 cm³/mol. The third kappa shape index (κ3) is 3.31. The van der Waals surface area contributed by atoms with E-state index in [1.165, 1.54) is 5.57 Å². The van der Waals surface area contributed by atoms with E-state index in [1.54, 1.807) is 6.92 Å². The van der Waals surface area contributed by atoms with Crippen molar-refractivity contribution in [3.05, 3.63) is 47.0 Å². The molecule has 1 aliphatic heterocycles. The van der Waals surface area contributed by atoms with Crippen LogP contribution in [-0.2, 0) is 14.3 Å². The van der Waals surface area contributed by atoms with Crippen LogP contribution in [0.4, 0.5) is 0 Å². The normalized spacial score (nSPS) is 27.6. The van der Waals surface area contributed by atoms with Gasteiger partial charge in [-0.1, -0.05) is 92.6 Å². The topological polar surface area (TPSA) is 46.6 Å². The lowest BCUT2D eigenvalue weighted by molar-refractivity contribution is -0.263. The second-order valence-electron chi connectivity index (χ2n) is 14.2. The summed E-state index contributed by atoms with van der Waals surface area (Å²) in [5, 5.41) is 0. The molecule has 3 rings (SSSR count). The zero-order valence-electron chi connectivity index (χ0n) is 23.6. The third-order valence-electron chi connectivity index (χ3n) is 7.37. The van der Waals surface area contributed by atoms with Gasteiger partial charge in [0, 0.05) is 6.92 Å². The first-order valence-electron chi connectivity index (χ1n) is 12.5. The van der Waals surface area contributed by atoms with Crippen LogP contribution in [-0.4, -0.2) is 27.9 Å². The Labute approximate surface area is 207 Å². The van der Waals surface area contributed by atoms with Crippen molar-refractivity contribution < 1.29 is 14.3 Å². The molecule has 34 heavy (non-hydrogen) atoms. The number of ether oxygens (including phenoxy) is 1. The Morgan fingerprint density at radius 1 is 0.794 bits per heavy atom. The number of esters is 1. The lowest BCUT2D eigenvalue weighted by atomic mass is 9.29. The molecule has 0 aromatic heterocycles. The lowest BCUT2D eigenvalue weighted by Gasteiger charge is -2.83. The molecule has 0 radical (unpaired) electrons. The third-order valence-corrected chi connectivity index (χ3v) is 7.37.